The number of hydrogen-bond acceptors (Lipinski definition) is 1. The van der Waals surface area contributed by atoms with E-state index in [0.717, 1.165) is 0 Å². The van der Waals surface area contributed by atoms with Gasteiger partial charge in [-0.3, -0.25) is 0 Å². The van der Waals surface area contributed by atoms with E-state index in [1.54, 1.807) is 0 Å². The number of hydrogen-bond donors (Lipinski definition) is 1. The second-order valence-electron chi connectivity index (χ2n) is 4.84. The van der Waals surface area contributed by atoms with Gasteiger partial charge < -0.3 is 5.73 Å². The van der Waals surface area contributed by atoms with Gasteiger partial charge in [-0.2, -0.15) is 0 Å². The summed E-state index contributed by atoms with van der Waals surface area (Å²) in [5, 5.41) is 0. The molecule has 1 heteroatoms. The Hall–Kier alpha value is -1.08. The minimum absolute atomic E-state index is 0.0789. The van der Waals surface area contributed by atoms with Crippen LogP contribution in [0.3, 0.4) is 0 Å². The molecule has 0 spiro atoms. The van der Waals surface area contributed by atoms with E-state index in [4.69, 9.17) is 5.73 Å². The van der Waals surface area contributed by atoms with E-state index in [1.807, 2.05) is 6.08 Å². The summed E-state index contributed by atoms with van der Waals surface area (Å²) < 4.78 is 0. The average Bonchev–Trinajstić information content (AvgIpc) is 2.39. The zero-order valence-corrected chi connectivity index (χ0v) is 9.86. The molecule has 1 nitrogen and oxygen atoms in total. The highest BCUT2D eigenvalue weighted by atomic mass is 14.7. The predicted octanol–water partition coefficient (Wildman–Crippen LogP) is 3.40. The molecule has 1 aliphatic rings. The Morgan fingerprint density at radius 3 is 2.31 bits per heavy atom. The van der Waals surface area contributed by atoms with Crippen LogP contribution in [-0.4, -0.2) is 6.04 Å². The van der Waals surface area contributed by atoms with Gasteiger partial charge in [0.05, 0.1) is 0 Å². The van der Waals surface area contributed by atoms with Crippen molar-refractivity contribution in [1.82, 2.24) is 0 Å². The van der Waals surface area contributed by atoms with Crippen LogP contribution >= 0.6 is 0 Å². The molecule has 0 radical (unpaired) electrons. The first-order chi connectivity index (χ1) is 7.79. The molecule has 86 valence electrons. The van der Waals surface area contributed by atoms with E-state index in [2.05, 4.69) is 36.9 Å². The molecule has 0 aliphatic heterocycles. The van der Waals surface area contributed by atoms with Gasteiger partial charge in [-0.05, 0) is 18.4 Å². The second kappa shape index (κ2) is 4.84. The van der Waals surface area contributed by atoms with Crippen LogP contribution in [0, 0.1) is 0 Å². The standard InChI is InChI=1S/C15H21N/c1-2-14(16)15(11-7-4-8-12-15)13-9-5-3-6-10-13/h2-3,5-6,9-10,14H,1,4,7-8,11-12,16H2. The fourth-order valence-electron chi connectivity index (χ4n) is 2.99. The molecule has 1 fully saturated rings. The first kappa shape index (κ1) is 11.4. The number of nitrogens with two attached hydrogens (primary N) is 1. The van der Waals surface area contributed by atoms with Gasteiger partial charge in [0.2, 0.25) is 0 Å². The highest BCUT2D eigenvalue weighted by Gasteiger charge is 2.37. The van der Waals surface area contributed by atoms with Crippen molar-refractivity contribution in [2.24, 2.45) is 5.73 Å². The molecule has 1 unspecified atom stereocenters. The van der Waals surface area contributed by atoms with Crippen LogP contribution in [-0.2, 0) is 5.41 Å². The van der Waals surface area contributed by atoms with Crippen LogP contribution < -0.4 is 5.73 Å². The quantitative estimate of drug-likeness (QED) is 0.768. The zero-order chi connectivity index (χ0) is 11.4. The molecule has 1 saturated carbocycles. The van der Waals surface area contributed by atoms with E-state index in [9.17, 15) is 0 Å². The largest absolute Gasteiger partial charge is 0.324 e. The summed E-state index contributed by atoms with van der Waals surface area (Å²) in [6.45, 7) is 3.88. The highest BCUT2D eigenvalue weighted by Crippen LogP contribution is 2.41. The van der Waals surface area contributed by atoms with Crippen molar-refractivity contribution in [2.75, 3.05) is 0 Å². The van der Waals surface area contributed by atoms with Crippen molar-refractivity contribution in [3.8, 4) is 0 Å². The SMILES string of the molecule is C=CC(N)C1(c2ccccc2)CCCCC1. The second-order valence-corrected chi connectivity index (χ2v) is 4.84. The van der Waals surface area contributed by atoms with Crippen molar-refractivity contribution in [1.29, 1.82) is 0 Å². The van der Waals surface area contributed by atoms with E-state index in [1.165, 1.54) is 37.7 Å². The van der Waals surface area contributed by atoms with Crippen LogP contribution in [0.1, 0.15) is 37.7 Å². The van der Waals surface area contributed by atoms with Crippen molar-refractivity contribution in [2.45, 2.75) is 43.6 Å². The van der Waals surface area contributed by atoms with Crippen molar-refractivity contribution in [3.63, 3.8) is 0 Å². The van der Waals surface area contributed by atoms with Crippen LogP contribution in [0.15, 0.2) is 43.0 Å². The summed E-state index contributed by atoms with van der Waals surface area (Å²) in [4.78, 5) is 0. The van der Waals surface area contributed by atoms with E-state index in [-0.39, 0.29) is 11.5 Å². The van der Waals surface area contributed by atoms with Gasteiger partial charge in [0.25, 0.3) is 0 Å². The average molecular weight is 215 g/mol. The molecule has 1 aromatic rings. The molecular weight excluding hydrogens is 194 g/mol. The van der Waals surface area contributed by atoms with Gasteiger partial charge in [0, 0.05) is 11.5 Å². The zero-order valence-electron chi connectivity index (χ0n) is 9.86. The molecule has 0 saturated heterocycles. The molecule has 1 aromatic carbocycles. The maximum Gasteiger partial charge on any atom is 0.0319 e. The minimum atomic E-state index is 0.0789. The Balaban J connectivity index is 2.37. The van der Waals surface area contributed by atoms with Crippen molar-refractivity contribution >= 4 is 0 Å². The molecular formula is C15H21N. The summed E-state index contributed by atoms with van der Waals surface area (Å²) in [6.07, 6.45) is 8.23. The topological polar surface area (TPSA) is 26.0 Å². The number of benzene rings is 1. The third-order valence-corrected chi connectivity index (χ3v) is 3.99. The Labute approximate surface area is 98.4 Å². The minimum Gasteiger partial charge on any atom is -0.324 e. The fourth-order valence-corrected chi connectivity index (χ4v) is 2.99. The maximum absolute atomic E-state index is 6.30. The lowest BCUT2D eigenvalue weighted by Gasteiger charge is -2.41. The van der Waals surface area contributed by atoms with Crippen LogP contribution in [0.4, 0.5) is 0 Å². The van der Waals surface area contributed by atoms with Gasteiger partial charge in [-0.25, -0.2) is 0 Å². The molecule has 0 aromatic heterocycles. The third kappa shape index (κ3) is 1.92. The lowest BCUT2D eigenvalue weighted by Crippen LogP contribution is -2.45. The molecule has 0 bridgehead atoms. The van der Waals surface area contributed by atoms with Gasteiger partial charge in [0.15, 0.2) is 0 Å². The highest BCUT2D eigenvalue weighted by molar-refractivity contribution is 5.30. The Bertz CT molecular complexity index is 336. The fraction of sp³-hybridized carbons (Fsp3) is 0.467. The first-order valence-corrected chi connectivity index (χ1v) is 6.23. The summed E-state index contributed by atoms with van der Waals surface area (Å²) in [5.41, 5.74) is 7.83. The van der Waals surface area contributed by atoms with Gasteiger partial charge in [0.1, 0.15) is 0 Å². The van der Waals surface area contributed by atoms with E-state index < -0.39 is 0 Å². The molecule has 16 heavy (non-hydrogen) atoms. The van der Waals surface area contributed by atoms with E-state index in [0.29, 0.717) is 0 Å². The molecule has 0 heterocycles. The normalized spacial score (nSPS) is 21.3. The summed E-state index contributed by atoms with van der Waals surface area (Å²) in [6, 6.07) is 10.8. The van der Waals surface area contributed by atoms with Gasteiger partial charge in [-0.15, -0.1) is 6.58 Å². The van der Waals surface area contributed by atoms with Gasteiger partial charge in [-0.1, -0.05) is 55.7 Å². The molecule has 2 N–H and O–H groups in total. The Kier molecular flexibility index (Phi) is 3.45. The molecule has 2 rings (SSSR count). The third-order valence-electron chi connectivity index (χ3n) is 3.99. The van der Waals surface area contributed by atoms with Crippen molar-refractivity contribution < 1.29 is 0 Å². The van der Waals surface area contributed by atoms with Crippen molar-refractivity contribution in [3.05, 3.63) is 48.6 Å². The maximum atomic E-state index is 6.30. The predicted molar refractivity (Wildman–Crippen MR) is 69.4 cm³/mol. The van der Waals surface area contributed by atoms with Crippen LogP contribution in [0.5, 0.6) is 0 Å². The molecule has 1 atom stereocenters. The Morgan fingerprint density at radius 2 is 1.75 bits per heavy atom. The number of rotatable bonds is 3. The summed E-state index contributed by atoms with van der Waals surface area (Å²) in [5.74, 6) is 0. The lowest BCUT2D eigenvalue weighted by molar-refractivity contribution is 0.267. The van der Waals surface area contributed by atoms with Gasteiger partial charge >= 0.3 is 0 Å². The first-order valence-electron chi connectivity index (χ1n) is 6.23. The summed E-state index contributed by atoms with van der Waals surface area (Å²) in [7, 11) is 0. The van der Waals surface area contributed by atoms with Crippen LogP contribution in [0.25, 0.3) is 0 Å². The van der Waals surface area contributed by atoms with E-state index >= 15 is 0 Å². The summed E-state index contributed by atoms with van der Waals surface area (Å²) >= 11 is 0. The Morgan fingerprint density at radius 1 is 1.12 bits per heavy atom. The molecule has 1 aliphatic carbocycles. The monoisotopic (exact) mass is 215 g/mol. The molecule has 0 amide bonds. The lowest BCUT2D eigenvalue weighted by atomic mass is 9.65. The smallest absolute Gasteiger partial charge is 0.0319 e. The van der Waals surface area contributed by atoms with Crippen LogP contribution in [0.2, 0.25) is 0 Å².